The Kier molecular flexibility index (Phi) is 5.19. The SMILES string of the molecule is Cc1nc(N2CCOCC2)c2c(C(=O)NCc3cccc(Cl)c3)c(C)oc2n1. The minimum atomic E-state index is -0.224. The number of furan rings is 1. The highest BCUT2D eigenvalue weighted by Crippen LogP contribution is 2.32. The molecule has 0 radical (unpaired) electrons. The molecule has 1 aliphatic heterocycles. The number of aromatic nitrogens is 2. The number of halogens is 1. The first-order chi connectivity index (χ1) is 13.5. The highest BCUT2D eigenvalue weighted by atomic mass is 35.5. The van der Waals surface area contributed by atoms with Gasteiger partial charge in [-0.3, -0.25) is 4.79 Å². The Hall–Kier alpha value is -2.64. The quantitative estimate of drug-likeness (QED) is 0.724. The van der Waals surface area contributed by atoms with Gasteiger partial charge in [0, 0.05) is 24.7 Å². The predicted molar refractivity (Wildman–Crippen MR) is 107 cm³/mol. The van der Waals surface area contributed by atoms with E-state index in [0.717, 1.165) is 11.4 Å². The lowest BCUT2D eigenvalue weighted by Crippen LogP contribution is -2.37. The Labute approximate surface area is 167 Å². The zero-order valence-corrected chi connectivity index (χ0v) is 16.5. The summed E-state index contributed by atoms with van der Waals surface area (Å²) in [6.45, 7) is 6.62. The van der Waals surface area contributed by atoms with E-state index in [1.54, 1.807) is 13.0 Å². The lowest BCUT2D eigenvalue weighted by molar-refractivity contribution is 0.0951. The third-order valence-corrected chi connectivity index (χ3v) is 4.94. The van der Waals surface area contributed by atoms with Crippen molar-refractivity contribution in [2.75, 3.05) is 31.2 Å². The minimum absolute atomic E-state index is 0.224. The number of hydrogen-bond donors (Lipinski definition) is 1. The van der Waals surface area contributed by atoms with Crippen LogP contribution >= 0.6 is 11.6 Å². The molecule has 1 saturated heterocycles. The molecule has 1 fully saturated rings. The summed E-state index contributed by atoms with van der Waals surface area (Å²) in [6.07, 6.45) is 0. The molecule has 146 valence electrons. The van der Waals surface area contributed by atoms with Gasteiger partial charge in [0.1, 0.15) is 17.4 Å². The molecule has 0 atom stereocenters. The van der Waals surface area contributed by atoms with Gasteiger partial charge in [-0.25, -0.2) is 4.98 Å². The smallest absolute Gasteiger partial charge is 0.255 e. The average Bonchev–Trinajstić information content (AvgIpc) is 3.01. The molecule has 7 nitrogen and oxygen atoms in total. The van der Waals surface area contributed by atoms with Crippen LogP contribution < -0.4 is 10.2 Å². The van der Waals surface area contributed by atoms with Crippen molar-refractivity contribution in [1.82, 2.24) is 15.3 Å². The molecule has 1 aliphatic rings. The second kappa shape index (κ2) is 7.77. The third-order valence-electron chi connectivity index (χ3n) is 4.70. The fourth-order valence-electron chi connectivity index (χ4n) is 3.39. The van der Waals surface area contributed by atoms with Crippen molar-refractivity contribution in [3.8, 4) is 0 Å². The number of anilines is 1. The monoisotopic (exact) mass is 400 g/mol. The molecule has 1 amide bonds. The van der Waals surface area contributed by atoms with Crippen LogP contribution in [-0.4, -0.2) is 42.2 Å². The van der Waals surface area contributed by atoms with Gasteiger partial charge >= 0.3 is 0 Å². The Balaban J connectivity index is 1.69. The molecule has 3 aromatic rings. The number of morpholine rings is 1. The van der Waals surface area contributed by atoms with Crippen LogP contribution in [0.3, 0.4) is 0 Å². The lowest BCUT2D eigenvalue weighted by atomic mass is 10.1. The first-order valence-corrected chi connectivity index (χ1v) is 9.54. The second-order valence-corrected chi connectivity index (χ2v) is 7.16. The standard InChI is InChI=1S/C20H21ClN4O3/c1-12-16(19(26)22-11-14-4-3-5-15(21)10-14)17-18(25-6-8-27-9-7-25)23-13(2)24-20(17)28-12/h3-5,10H,6-9,11H2,1-2H3,(H,22,26). The molecule has 0 aliphatic carbocycles. The predicted octanol–water partition coefficient (Wildman–Crippen LogP) is 3.26. The van der Waals surface area contributed by atoms with Gasteiger partial charge in [0.2, 0.25) is 5.71 Å². The molecule has 2 aromatic heterocycles. The average molecular weight is 401 g/mol. The van der Waals surface area contributed by atoms with E-state index in [2.05, 4.69) is 20.2 Å². The zero-order valence-electron chi connectivity index (χ0n) is 15.8. The molecular weight excluding hydrogens is 380 g/mol. The summed E-state index contributed by atoms with van der Waals surface area (Å²) in [6, 6.07) is 7.40. The van der Waals surface area contributed by atoms with Crippen LogP contribution in [0.1, 0.15) is 27.5 Å². The fourth-order valence-corrected chi connectivity index (χ4v) is 3.61. The van der Waals surface area contributed by atoms with Crippen molar-refractivity contribution >= 4 is 34.4 Å². The van der Waals surface area contributed by atoms with Crippen molar-refractivity contribution < 1.29 is 13.9 Å². The summed E-state index contributed by atoms with van der Waals surface area (Å²) >= 11 is 6.02. The van der Waals surface area contributed by atoms with Crippen LogP contribution in [0.4, 0.5) is 5.82 Å². The van der Waals surface area contributed by atoms with E-state index in [1.807, 2.05) is 25.1 Å². The maximum atomic E-state index is 13.0. The normalized spacial score (nSPS) is 14.5. The number of hydrogen-bond acceptors (Lipinski definition) is 6. The van der Waals surface area contributed by atoms with Crippen LogP contribution in [0.2, 0.25) is 5.02 Å². The Bertz CT molecular complexity index is 1030. The largest absolute Gasteiger partial charge is 0.442 e. The van der Waals surface area contributed by atoms with Crippen molar-refractivity contribution in [1.29, 1.82) is 0 Å². The minimum Gasteiger partial charge on any atom is -0.442 e. The summed E-state index contributed by atoms with van der Waals surface area (Å²) in [7, 11) is 0. The summed E-state index contributed by atoms with van der Waals surface area (Å²) < 4.78 is 11.3. The van der Waals surface area contributed by atoms with Crippen LogP contribution in [0.25, 0.3) is 11.1 Å². The first kappa shape index (κ1) is 18.7. The van der Waals surface area contributed by atoms with Crippen LogP contribution in [0, 0.1) is 13.8 Å². The van der Waals surface area contributed by atoms with E-state index in [1.165, 1.54) is 0 Å². The van der Waals surface area contributed by atoms with Gasteiger partial charge in [-0.15, -0.1) is 0 Å². The molecule has 0 unspecified atom stereocenters. The van der Waals surface area contributed by atoms with Gasteiger partial charge in [-0.2, -0.15) is 4.98 Å². The summed E-state index contributed by atoms with van der Waals surface area (Å²) in [5, 5.41) is 4.23. The molecule has 0 saturated carbocycles. The van der Waals surface area contributed by atoms with E-state index in [0.29, 0.717) is 66.1 Å². The number of amides is 1. The lowest BCUT2D eigenvalue weighted by Gasteiger charge is -2.28. The number of benzene rings is 1. The Morgan fingerprint density at radius 3 is 2.79 bits per heavy atom. The summed E-state index contributed by atoms with van der Waals surface area (Å²) in [5.74, 6) is 1.62. The number of carbonyl (C=O) groups is 1. The van der Waals surface area contributed by atoms with E-state index in [9.17, 15) is 4.79 Å². The van der Waals surface area contributed by atoms with Gasteiger partial charge in [-0.05, 0) is 31.5 Å². The van der Waals surface area contributed by atoms with E-state index < -0.39 is 0 Å². The summed E-state index contributed by atoms with van der Waals surface area (Å²) in [5.41, 5.74) is 1.82. The topological polar surface area (TPSA) is 80.5 Å². The van der Waals surface area contributed by atoms with E-state index in [4.69, 9.17) is 20.8 Å². The van der Waals surface area contributed by atoms with Crippen molar-refractivity contribution in [3.63, 3.8) is 0 Å². The van der Waals surface area contributed by atoms with Gasteiger partial charge < -0.3 is 19.4 Å². The fraction of sp³-hybridized carbons (Fsp3) is 0.350. The molecule has 1 aromatic carbocycles. The number of ether oxygens (including phenoxy) is 1. The van der Waals surface area contributed by atoms with Crippen molar-refractivity contribution in [3.05, 3.63) is 52.0 Å². The van der Waals surface area contributed by atoms with Crippen molar-refractivity contribution in [2.24, 2.45) is 0 Å². The molecule has 28 heavy (non-hydrogen) atoms. The number of nitrogens with one attached hydrogen (secondary N) is 1. The third kappa shape index (κ3) is 3.68. The number of carbonyl (C=O) groups excluding carboxylic acids is 1. The van der Waals surface area contributed by atoms with Gasteiger partial charge in [0.15, 0.2) is 0 Å². The van der Waals surface area contributed by atoms with Crippen LogP contribution in [0.5, 0.6) is 0 Å². The highest BCUT2D eigenvalue weighted by molar-refractivity contribution is 6.30. The Morgan fingerprint density at radius 2 is 2.04 bits per heavy atom. The summed E-state index contributed by atoms with van der Waals surface area (Å²) in [4.78, 5) is 24.1. The number of rotatable bonds is 4. The molecule has 3 heterocycles. The number of aryl methyl sites for hydroxylation is 2. The molecule has 0 spiro atoms. The van der Waals surface area contributed by atoms with Gasteiger partial charge in [0.25, 0.3) is 5.91 Å². The number of fused-ring (bicyclic) bond motifs is 1. The number of nitrogens with zero attached hydrogens (tertiary/aromatic N) is 3. The molecule has 1 N–H and O–H groups in total. The van der Waals surface area contributed by atoms with Crippen LogP contribution in [0.15, 0.2) is 28.7 Å². The second-order valence-electron chi connectivity index (χ2n) is 6.72. The van der Waals surface area contributed by atoms with E-state index in [-0.39, 0.29) is 5.91 Å². The molecular formula is C20H21ClN4O3. The van der Waals surface area contributed by atoms with Gasteiger partial charge in [-0.1, -0.05) is 23.7 Å². The van der Waals surface area contributed by atoms with Crippen molar-refractivity contribution in [2.45, 2.75) is 20.4 Å². The molecule has 0 bridgehead atoms. The first-order valence-electron chi connectivity index (χ1n) is 9.16. The zero-order chi connectivity index (χ0) is 19.7. The highest BCUT2D eigenvalue weighted by Gasteiger charge is 2.26. The maximum absolute atomic E-state index is 13.0. The van der Waals surface area contributed by atoms with Gasteiger partial charge in [0.05, 0.1) is 24.2 Å². The van der Waals surface area contributed by atoms with E-state index >= 15 is 0 Å². The molecule has 8 heteroatoms. The molecule has 4 rings (SSSR count). The maximum Gasteiger partial charge on any atom is 0.255 e. The Morgan fingerprint density at radius 1 is 1.25 bits per heavy atom. The van der Waals surface area contributed by atoms with Crippen LogP contribution in [-0.2, 0) is 11.3 Å².